The first kappa shape index (κ1) is 12.7. The van der Waals surface area contributed by atoms with E-state index in [9.17, 15) is 0 Å². The van der Waals surface area contributed by atoms with Crippen LogP contribution in [-0.2, 0) is 0 Å². The summed E-state index contributed by atoms with van der Waals surface area (Å²) in [5.41, 5.74) is 2.17. The molecule has 1 aromatic heterocycles. The van der Waals surface area contributed by atoms with Gasteiger partial charge >= 0.3 is 0 Å². The van der Waals surface area contributed by atoms with E-state index in [2.05, 4.69) is 9.97 Å². The molecule has 1 aromatic carbocycles. The highest BCUT2D eigenvalue weighted by atomic mass is 35.5. The third-order valence-corrected chi connectivity index (χ3v) is 2.22. The van der Waals surface area contributed by atoms with Gasteiger partial charge in [0.2, 0.25) is 0 Å². The minimum atomic E-state index is 0.471. The van der Waals surface area contributed by atoms with Crippen molar-refractivity contribution in [1.29, 1.82) is 0 Å². The number of hydrogen-bond donors (Lipinski definition) is 0. The quantitative estimate of drug-likeness (QED) is 0.694. The van der Waals surface area contributed by atoms with Crippen LogP contribution < -0.4 is 0 Å². The zero-order chi connectivity index (χ0) is 12.0. The lowest BCUT2D eigenvalue weighted by molar-refractivity contribution is 1.17. The smallest absolute Gasteiger partial charge is 0.161 e. The van der Waals surface area contributed by atoms with E-state index in [1.54, 1.807) is 12.3 Å². The van der Waals surface area contributed by atoms with Crippen molar-refractivity contribution >= 4 is 11.6 Å². The van der Waals surface area contributed by atoms with Crippen molar-refractivity contribution in [2.75, 3.05) is 0 Å². The molecule has 0 spiro atoms. The average molecular weight is 235 g/mol. The Morgan fingerprint density at radius 1 is 1.06 bits per heavy atom. The van der Waals surface area contributed by atoms with E-state index < -0.39 is 0 Å². The van der Waals surface area contributed by atoms with Crippen LogP contribution in [0.25, 0.3) is 11.4 Å². The standard InChI is InChI=1S/C11H9ClN2.C2H6/c1-8-4-2-3-5-9(8)11-13-7-6-10(12)14-11;1-2/h2-7H,1H3;1-2H3. The summed E-state index contributed by atoms with van der Waals surface area (Å²) < 4.78 is 0. The number of rotatable bonds is 1. The fourth-order valence-electron chi connectivity index (χ4n) is 1.29. The fraction of sp³-hybridized carbons (Fsp3) is 0.231. The number of nitrogens with zero attached hydrogens (tertiary/aromatic N) is 2. The van der Waals surface area contributed by atoms with Gasteiger partial charge in [-0.3, -0.25) is 0 Å². The zero-order valence-corrected chi connectivity index (χ0v) is 10.5. The van der Waals surface area contributed by atoms with Crippen molar-refractivity contribution in [1.82, 2.24) is 9.97 Å². The molecule has 2 aromatic rings. The molecule has 0 amide bonds. The van der Waals surface area contributed by atoms with Gasteiger partial charge in [0.05, 0.1) is 0 Å². The van der Waals surface area contributed by atoms with E-state index in [0.29, 0.717) is 11.0 Å². The van der Waals surface area contributed by atoms with E-state index in [0.717, 1.165) is 11.1 Å². The highest BCUT2D eigenvalue weighted by Crippen LogP contribution is 2.19. The predicted octanol–water partition coefficient (Wildman–Crippen LogP) is 4.13. The minimum absolute atomic E-state index is 0.471. The second kappa shape index (κ2) is 6.23. The number of hydrogen-bond acceptors (Lipinski definition) is 2. The van der Waals surface area contributed by atoms with Crippen molar-refractivity contribution in [2.45, 2.75) is 20.8 Å². The average Bonchev–Trinajstić information content (AvgIpc) is 2.32. The van der Waals surface area contributed by atoms with Crippen LogP contribution in [-0.4, -0.2) is 9.97 Å². The largest absolute Gasteiger partial charge is 0.236 e. The maximum absolute atomic E-state index is 5.80. The Morgan fingerprint density at radius 3 is 2.38 bits per heavy atom. The van der Waals surface area contributed by atoms with E-state index >= 15 is 0 Å². The predicted molar refractivity (Wildman–Crippen MR) is 68.6 cm³/mol. The Morgan fingerprint density at radius 2 is 1.75 bits per heavy atom. The summed E-state index contributed by atoms with van der Waals surface area (Å²) in [5, 5.41) is 0.471. The van der Waals surface area contributed by atoms with Crippen molar-refractivity contribution < 1.29 is 0 Å². The van der Waals surface area contributed by atoms with Crippen LogP contribution in [0.5, 0.6) is 0 Å². The summed E-state index contributed by atoms with van der Waals surface area (Å²) in [7, 11) is 0. The minimum Gasteiger partial charge on any atom is -0.236 e. The Hall–Kier alpha value is -1.41. The second-order valence-electron chi connectivity index (χ2n) is 3.02. The van der Waals surface area contributed by atoms with Gasteiger partial charge in [0.25, 0.3) is 0 Å². The second-order valence-corrected chi connectivity index (χ2v) is 3.41. The van der Waals surface area contributed by atoms with Gasteiger partial charge in [-0.15, -0.1) is 0 Å². The molecule has 0 saturated carbocycles. The van der Waals surface area contributed by atoms with Crippen molar-refractivity contribution in [2.24, 2.45) is 0 Å². The molecule has 0 radical (unpaired) electrons. The molecular formula is C13H15ClN2. The van der Waals surface area contributed by atoms with E-state index in [-0.39, 0.29) is 0 Å². The summed E-state index contributed by atoms with van der Waals surface area (Å²) in [6.07, 6.45) is 1.66. The van der Waals surface area contributed by atoms with Crippen molar-refractivity contribution in [3.63, 3.8) is 0 Å². The summed E-state index contributed by atoms with van der Waals surface area (Å²) >= 11 is 5.80. The Kier molecular flexibility index (Phi) is 4.93. The van der Waals surface area contributed by atoms with Crippen molar-refractivity contribution in [3.8, 4) is 11.4 Å². The molecule has 0 bridgehead atoms. The third-order valence-electron chi connectivity index (χ3n) is 2.01. The fourth-order valence-corrected chi connectivity index (χ4v) is 1.43. The highest BCUT2D eigenvalue weighted by molar-refractivity contribution is 6.29. The van der Waals surface area contributed by atoms with Crippen LogP contribution in [0.15, 0.2) is 36.5 Å². The molecule has 0 atom stereocenters. The molecule has 0 aliphatic rings. The highest BCUT2D eigenvalue weighted by Gasteiger charge is 2.03. The molecule has 16 heavy (non-hydrogen) atoms. The number of aromatic nitrogens is 2. The molecule has 0 saturated heterocycles. The van der Waals surface area contributed by atoms with Gasteiger partial charge in [-0.2, -0.15) is 0 Å². The van der Waals surface area contributed by atoms with Gasteiger partial charge in [-0.25, -0.2) is 9.97 Å². The molecule has 0 aliphatic heterocycles. The van der Waals surface area contributed by atoms with Gasteiger partial charge in [-0.05, 0) is 18.6 Å². The van der Waals surface area contributed by atoms with Crippen LogP contribution in [0.4, 0.5) is 0 Å². The summed E-state index contributed by atoms with van der Waals surface area (Å²) in [6.45, 7) is 6.03. The first-order chi connectivity index (χ1) is 7.77. The van der Waals surface area contributed by atoms with E-state index in [1.165, 1.54) is 0 Å². The van der Waals surface area contributed by atoms with E-state index in [4.69, 9.17) is 11.6 Å². The Balaban J connectivity index is 0.000000606. The monoisotopic (exact) mass is 234 g/mol. The SMILES string of the molecule is CC.Cc1ccccc1-c1nccc(Cl)n1. The normalized spacial score (nSPS) is 9.25. The third kappa shape index (κ3) is 3.04. The Bertz CT molecular complexity index is 455. The van der Waals surface area contributed by atoms with E-state index in [1.807, 2.05) is 45.0 Å². The molecule has 0 fully saturated rings. The lowest BCUT2D eigenvalue weighted by Gasteiger charge is -2.03. The molecule has 3 heteroatoms. The summed E-state index contributed by atoms with van der Waals surface area (Å²) in [6, 6.07) is 9.64. The lowest BCUT2D eigenvalue weighted by atomic mass is 10.1. The summed E-state index contributed by atoms with van der Waals surface area (Å²) in [5.74, 6) is 0.676. The van der Waals surface area contributed by atoms with Gasteiger partial charge in [0, 0.05) is 11.8 Å². The maximum atomic E-state index is 5.80. The molecule has 84 valence electrons. The molecule has 1 heterocycles. The molecule has 0 aliphatic carbocycles. The van der Waals surface area contributed by atoms with Crippen LogP contribution in [0, 0.1) is 6.92 Å². The first-order valence-electron chi connectivity index (χ1n) is 5.32. The number of aryl methyl sites for hydroxylation is 1. The summed E-state index contributed by atoms with van der Waals surface area (Å²) in [4.78, 5) is 8.33. The van der Waals surface area contributed by atoms with Crippen LogP contribution >= 0.6 is 11.6 Å². The van der Waals surface area contributed by atoms with Gasteiger partial charge in [-0.1, -0.05) is 49.7 Å². The zero-order valence-electron chi connectivity index (χ0n) is 9.74. The van der Waals surface area contributed by atoms with Crippen LogP contribution in [0.1, 0.15) is 19.4 Å². The molecule has 0 unspecified atom stereocenters. The Labute approximate surface area is 101 Å². The molecular weight excluding hydrogens is 220 g/mol. The van der Waals surface area contributed by atoms with Gasteiger partial charge < -0.3 is 0 Å². The topological polar surface area (TPSA) is 25.8 Å². The van der Waals surface area contributed by atoms with Gasteiger partial charge in [0.15, 0.2) is 5.82 Å². The van der Waals surface area contributed by atoms with Crippen LogP contribution in [0.2, 0.25) is 5.15 Å². The van der Waals surface area contributed by atoms with Crippen LogP contribution in [0.3, 0.4) is 0 Å². The molecule has 2 rings (SSSR count). The molecule has 2 nitrogen and oxygen atoms in total. The number of benzene rings is 1. The number of halogens is 1. The van der Waals surface area contributed by atoms with Crippen molar-refractivity contribution in [3.05, 3.63) is 47.2 Å². The lowest BCUT2D eigenvalue weighted by Crippen LogP contribution is -1.90. The van der Waals surface area contributed by atoms with Gasteiger partial charge in [0.1, 0.15) is 5.15 Å². The molecule has 0 N–H and O–H groups in total. The first-order valence-corrected chi connectivity index (χ1v) is 5.70. The maximum Gasteiger partial charge on any atom is 0.161 e.